The van der Waals surface area contributed by atoms with Crippen LogP contribution in [-0.4, -0.2) is 20.7 Å². The van der Waals surface area contributed by atoms with E-state index in [2.05, 4.69) is 34.5 Å². The average Bonchev–Trinajstić information content (AvgIpc) is 3.47. The maximum atomic E-state index is 12.5. The van der Waals surface area contributed by atoms with Gasteiger partial charge >= 0.3 is 0 Å². The Morgan fingerprint density at radius 2 is 1.97 bits per heavy atom. The maximum Gasteiger partial charge on any atom is 0.267 e. The van der Waals surface area contributed by atoms with E-state index in [9.17, 15) is 4.79 Å². The molecule has 0 saturated heterocycles. The molecule has 148 valence electrons. The molecular formula is C21H20N4O2S2. The lowest BCUT2D eigenvalue weighted by atomic mass is 10.2. The predicted molar refractivity (Wildman–Crippen MR) is 117 cm³/mol. The van der Waals surface area contributed by atoms with Gasteiger partial charge in [-0.2, -0.15) is 5.10 Å². The van der Waals surface area contributed by atoms with Crippen molar-refractivity contribution in [2.45, 2.75) is 20.0 Å². The highest BCUT2D eigenvalue weighted by molar-refractivity contribution is 7.14. The van der Waals surface area contributed by atoms with Gasteiger partial charge in [0.15, 0.2) is 5.13 Å². The zero-order valence-electron chi connectivity index (χ0n) is 16.1. The monoisotopic (exact) mass is 424 g/mol. The molecule has 4 rings (SSSR count). The lowest BCUT2D eigenvalue weighted by Crippen LogP contribution is -2.10. The van der Waals surface area contributed by atoms with Crippen LogP contribution in [0, 0.1) is 0 Å². The van der Waals surface area contributed by atoms with E-state index >= 15 is 0 Å². The van der Waals surface area contributed by atoms with Crippen LogP contribution in [0.3, 0.4) is 0 Å². The van der Waals surface area contributed by atoms with Crippen LogP contribution in [0.25, 0.3) is 11.4 Å². The average molecular weight is 425 g/mol. The summed E-state index contributed by atoms with van der Waals surface area (Å²) in [7, 11) is 1.86. The van der Waals surface area contributed by atoms with E-state index in [0.29, 0.717) is 16.6 Å². The van der Waals surface area contributed by atoms with Gasteiger partial charge in [-0.1, -0.05) is 19.1 Å². The van der Waals surface area contributed by atoms with Crippen molar-refractivity contribution in [3.8, 4) is 17.1 Å². The van der Waals surface area contributed by atoms with Crippen molar-refractivity contribution in [3.05, 3.63) is 69.4 Å². The zero-order chi connectivity index (χ0) is 20.2. The smallest absolute Gasteiger partial charge is 0.267 e. The lowest BCUT2D eigenvalue weighted by molar-refractivity contribution is 0.103. The molecule has 8 heteroatoms. The van der Waals surface area contributed by atoms with Gasteiger partial charge in [0.05, 0.1) is 10.6 Å². The number of anilines is 1. The maximum absolute atomic E-state index is 12.5. The van der Waals surface area contributed by atoms with Crippen molar-refractivity contribution in [1.29, 1.82) is 0 Å². The Labute approximate surface area is 176 Å². The summed E-state index contributed by atoms with van der Waals surface area (Å²) in [6.45, 7) is 2.55. The van der Waals surface area contributed by atoms with Crippen LogP contribution in [-0.2, 0) is 20.1 Å². The molecule has 3 heterocycles. The third-order valence-corrected chi connectivity index (χ3v) is 6.16. The first-order chi connectivity index (χ1) is 14.1. The number of hydrogen-bond acceptors (Lipinski definition) is 6. The molecule has 0 spiro atoms. The highest BCUT2D eigenvalue weighted by atomic mass is 32.1. The predicted octanol–water partition coefficient (Wildman–Crippen LogP) is 5.00. The number of nitrogens with zero attached hydrogens (tertiary/aromatic N) is 3. The fourth-order valence-corrected chi connectivity index (χ4v) is 4.28. The van der Waals surface area contributed by atoms with E-state index in [1.165, 1.54) is 28.2 Å². The Morgan fingerprint density at radius 3 is 2.69 bits per heavy atom. The quantitative estimate of drug-likeness (QED) is 0.453. The molecule has 0 unspecified atom stereocenters. The van der Waals surface area contributed by atoms with Gasteiger partial charge in [0.2, 0.25) is 0 Å². The highest BCUT2D eigenvalue weighted by Gasteiger charge is 2.13. The van der Waals surface area contributed by atoms with E-state index in [0.717, 1.165) is 29.1 Å². The topological polar surface area (TPSA) is 69.0 Å². The third kappa shape index (κ3) is 4.55. The van der Waals surface area contributed by atoms with Gasteiger partial charge in [0, 0.05) is 24.2 Å². The number of rotatable bonds is 7. The molecule has 6 nitrogen and oxygen atoms in total. The van der Waals surface area contributed by atoms with Crippen LogP contribution in [0.2, 0.25) is 0 Å². The van der Waals surface area contributed by atoms with Gasteiger partial charge in [-0.15, -0.1) is 22.7 Å². The van der Waals surface area contributed by atoms with E-state index in [1.54, 1.807) is 10.9 Å². The number of thiazole rings is 1. The van der Waals surface area contributed by atoms with Crippen molar-refractivity contribution in [2.24, 2.45) is 7.05 Å². The van der Waals surface area contributed by atoms with Crippen LogP contribution >= 0.6 is 22.7 Å². The molecule has 0 aliphatic heterocycles. The number of ether oxygens (including phenoxy) is 1. The number of amides is 1. The lowest BCUT2D eigenvalue weighted by Gasteiger charge is -2.05. The zero-order valence-corrected chi connectivity index (χ0v) is 17.7. The van der Waals surface area contributed by atoms with Gasteiger partial charge < -0.3 is 4.74 Å². The molecule has 0 saturated carbocycles. The summed E-state index contributed by atoms with van der Waals surface area (Å²) in [5, 5.41) is 11.4. The second kappa shape index (κ2) is 8.59. The van der Waals surface area contributed by atoms with Crippen LogP contribution in [0.5, 0.6) is 5.75 Å². The van der Waals surface area contributed by atoms with E-state index < -0.39 is 0 Å². The van der Waals surface area contributed by atoms with Crippen LogP contribution < -0.4 is 10.1 Å². The summed E-state index contributed by atoms with van der Waals surface area (Å²) in [4.78, 5) is 17.7. The number of aromatic nitrogens is 3. The number of thiophene rings is 1. The minimum Gasteiger partial charge on any atom is -0.489 e. The fourth-order valence-electron chi connectivity index (χ4n) is 2.79. The number of nitrogens with one attached hydrogen (secondary N) is 1. The molecule has 3 aromatic heterocycles. The van der Waals surface area contributed by atoms with Crippen molar-refractivity contribution in [2.75, 3.05) is 5.32 Å². The minimum absolute atomic E-state index is 0.167. The summed E-state index contributed by atoms with van der Waals surface area (Å²) in [5.74, 6) is 0.657. The Bertz CT molecular complexity index is 1110. The largest absolute Gasteiger partial charge is 0.489 e. The summed E-state index contributed by atoms with van der Waals surface area (Å²) in [6, 6.07) is 11.8. The molecule has 0 radical (unpaired) electrons. The van der Waals surface area contributed by atoms with Crippen molar-refractivity contribution < 1.29 is 9.53 Å². The molecule has 29 heavy (non-hydrogen) atoms. The van der Waals surface area contributed by atoms with E-state index in [1.807, 2.05) is 42.1 Å². The Morgan fingerprint density at radius 1 is 1.14 bits per heavy atom. The molecule has 1 aromatic carbocycles. The first-order valence-electron chi connectivity index (χ1n) is 9.17. The van der Waals surface area contributed by atoms with Crippen molar-refractivity contribution in [3.63, 3.8) is 0 Å². The minimum atomic E-state index is -0.167. The fraction of sp³-hybridized carbons (Fsp3) is 0.190. The summed E-state index contributed by atoms with van der Waals surface area (Å²) < 4.78 is 7.57. The third-order valence-electron chi connectivity index (χ3n) is 4.42. The van der Waals surface area contributed by atoms with Crippen LogP contribution in [0.4, 0.5) is 5.13 Å². The van der Waals surface area contributed by atoms with Crippen molar-refractivity contribution >= 4 is 33.7 Å². The molecule has 0 bridgehead atoms. The Balaban J connectivity index is 1.36. The van der Waals surface area contributed by atoms with Crippen LogP contribution in [0.15, 0.2) is 53.4 Å². The summed E-state index contributed by atoms with van der Waals surface area (Å²) in [6.07, 6.45) is 2.73. The molecule has 0 aliphatic carbocycles. The van der Waals surface area contributed by atoms with Crippen molar-refractivity contribution in [1.82, 2.24) is 14.8 Å². The second-order valence-electron chi connectivity index (χ2n) is 6.44. The van der Waals surface area contributed by atoms with Gasteiger partial charge in [-0.25, -0.2) is 4.98 Å². The summed E-state index contributed by atoms with van der Waals surface area (Å²) in [5.41, 5.74) is 3.94. The first kappa shape index (κ1) is 19.4. The van der Waals surface area contributed by atoms with Gasteiger partial charge in [-0.3, -0.25) is 14.8 Å². The molecule has 0 fully saturated rings. The second-order valence-corrected chi connectivity index (χ2v) is 8.21. The SMILES string of the molecule is CCc1ccc(OCc2csc(C(=O)Nc3nc(-c4ccnn4C)cs3)c2)cc1. The van der Waals surface area contributed by atoms with Gasteiger partial charge in [0.1, 0.15) is 18.1 Å². The van der Waals surface area contributed by atoms with Gasteiger partial charge in [0.25, 0.3) is 5.91 Å². The molecule has 0 atom stereocenters. The Kier molecular flexibility index (Phi) is 5.73. The number of aryl methyl sites for hydroxylation is 2. The van der Waals surface area contributed by atoms with E-state index in [-0.39, 0.29) is 5.91 Å². The molecule has 0 aliphatic rings. The molecule has 1 amide bonds. The van der Waals surface area contributed by atoms with Crippen LogP contribution in [0.1, 0.15) is 27.7 Å². The standard InChI is InChI=1S/C21H20N4O2S2/c1-3-14-4-6-16(7-5-14)27-11-15-10-19(28-12-15)20(26)24-21-23-17(13-29-21)18-8-9-22-25(18)2/h4-10,12-13H,3,11H2,1-2H3,(H,23,24,26). The number of carbonyl (C=O) groups is 1. The number of benzene rings is 1. The Hall–Kier alpha value is -2.97. The van der Waals surface area contributed by atoms with E-state index in [4.69, 9.17) is 4.74 Å². The van der Waals surface area contributed by atoms with Gasteiger partial charge in [-0.05, 0) is 41.6 Å². The molecule has 1 N–H and O–H groups in total. The number of hydrogen-bond donors (Lipinski definition) is 1. The number of carbonyl (C=O) groups excluding carboxylic acids is 1. The molecule has 4 aromatic rings. The first-order valence-corrected chi connectivity index (χ1v) is 10.9. The molecular weight excluding hydrogens is 404 g/mol. The summed E-state index contributed by atoms with van der Waals surface area (Å²) >= 11 is 2.79. The highest BCUT2D eigenvalue weighted by Crippen LogP contribution is 2.25. The normalized spacial score (nSPS) is 10.8.